The van der Waals surface area contributed by atoms with Crippen LogP contribution >= 0.6 is 0 Å². The number of amides is 1. The van der Waals surface area contributed by atoms with Crippen LogP contribution in [-0.2, 0) is 11.3 Å². The van der Waals surface area contributed by atoms with Gasteiger partial charge in [0.2, 0.25) is 5.91 Å². The molecule has 114 valence electrons. The molecule has 0 aliphatic carbocycles. The highest BCUT2D eigenvalue weighted by Crippen LogP contribution is 2.32. The number of benzene rings is 1. The van der Waals surface area contributed by atoms with E-state index in [-0.39, 0.29) is 5.91 Å². The van der Waals surface area contributed by atoms with Crippen LogP contribution in [0.1, 0.15) is 18.5 Å². The molecule has 22 heavy (non-hydrogen) atoms. The lowest BCUT2D eigenvalue weighted by Crippen LogP contribution is -2.11. The van der Waals surface area contributed by atoms with Gasteiger partial charge in [0.05, 0.1) is 23.8 Å². The first-order valence-electron chi connectivity index (χ1n) is 7.31. The second-order valence-corrected chi connectivity index (χ2v) is 5.40. The number of rotatable bonds is 5. The van der Waals surface area contributed by atoms with Crippen molar-refractivity contribution in [2.45, 2.75) is 26.3 Å². The van der Waals surface area contributed by atoms with Gasteiger partial charge in [-0.25, -0.2) is 0 Å². The second-order valence-electron chi connectivity index (χ2n) is 5.40. The first-order valence-corrected chi connectivity index (χ1v) is 7.31. The summed E-state index contributed by atoms with van der Waals surface area (Å²) < 4.78 is 7.55. The molecule has 0 aliphatic rings. The van der Waals surface area contributed by atoms with E-state index >= 15 is 0 Å². The van der Waals surface area contributed by atoms with Crippen LogP contribution in [0.3, 0.4) is 0 Å². The van der Waals surface area contributed by atoms with Crippen LogP contribution in [-0.4, -0.2) is 22.6 Å². The van der Waals surface area contributed by atoms with Crippen molar-refractivity contribution in [2.24, 2.45) is 5.73 Å². The van der Waals surface area contributed by atoms with E-state index in [0.717, 1.165) is 29.0 Å². The fourth-order valence-corrected chi connectivity index (χ4v) is 2.97. The lowest BCUT2D eigenvalue weighted by molar-refractivity contribution is -0.118. The molecule has 0 unspecified atom stereocenters. The van der Waals surface area contributed by atoms with Crippen LogP contribution in [0, 0.1) is 6.92 Å². The van der Waals surface area contributed by atoms with Gasteiger partial charge in [-0.05, 0) is 31.5 Å². The Morgan fingerprint density at radius 2 is 2.14 bits per heavy atom. The van der Waals surface area contributed by atoms with Gasteiger partial charge in [-0.3, -0.25) is 9.78 Å². The van der Waals surface area contributed by atoms with Crippen LogP contribution in [0.4, 0.5) is 0 Å². The summed E-state index contributed by atoms with van der Waals surface area (Å²) in [5, 5.41) is 2.34. The number of carbonyl (C=O) groups excluding carboxylic acids is 1. The Bertz CT molecular complexity index is 852. The van der Waals surface area contributed by atoms with E-state index in [1.807, 2.05) is 31.3 Å². The first-order chi connectivity index (χ1) is 10.6. The smallest absolute Gasteiger partial charge is 0.217 e. The van der Waals surface area contributed by atoms with Gasteiger partial charge in [-0.1, -0.05) is 0 Å². The summed E-state index contributed by atoms with van der Waals surface area (Å²) in [4.78, 5) is 15.4. The van der Waals surface area contributed by atoms with E-state index in [0.29, 0.717) is 12.8 Å². The predicted molar refractivity (Wildman–Crippen MR) is 87.0 cm³/mol. The lowest BCUT2D eigenvalue weighted by Gasteiger charge is -2.08. The van der Waals surface area contributed by atoms with Gasteiger partial charge < -0.3 is 15.0 Å². The largest absolute Gasteiger partial charge is 0.497 e. The summed E-state index contributed by atoms with van der Waals surface area (Å²) in [5.41, 5.74) is 8.43. The maximum Gasteiger partial charge on any atom is 0.217 e. The maximum atomic E-state index is 11.0. The standard InChI is InChI=1S/C17H19N3O2/c1-11-17-14(7-8-19-11)13-6-5-12(22-2)10-15(13)20(17)9-3-4-16(18)21/h5-8,10H,3-4,9H2,1-2H3,(H2,18,21). The van der Waals surface area contributed by atoms with Crippen LogP contribution < -0.4 is 10.5 Å². The zero-order valence-electron chi connectivity index (χ0n) is 12.8. The molecule has 0 bridgehead atoms. The SMILES string of the molecule is COc1ccc2c3ccnc(C)c3n(CCCC(N)=O)c2c1. The third-order valence-corrected chi connectivity index (χ3v) is 3.97. The average molecular weight is 297 g/mol. The second kappa shape index (κ2) is 5.67. The number of nitrogens with two attached hydrogens (primary N) is 1. The topological polar surface area (TPSA) is 70.1 Å². The van der Waals surface area contributed by atoms with Gasteiger partial charge >= 0.3 is 0 Å². The van der Waals surface area contributed by atoms with Crippen LogP contribution in [0.25, 0.3) is 21.8 Å². The van der Waals surface area contributed by atoms with Crippen molar-refractivity contribution in [3.05, 3.63) is 36.2 Å². The lowest BCUT2D eigenvalue weighted by atomic mass is 10.1. The number of ether oxygens (including phenoxy) is 1. The molecular weight excluding hydrogens is 278 g/mol. The van der Waals surface area contributed by atoms with Crippen molar-refractivity contribution < 1.29 is 9.53 Å². The number of pyridine rings is 1. The number of methoxy groups -OCH3 is 1. The zero-order valence-corrected chi connectivity index (χ0v) is 12.8. The molecule has 0 spiro atoms. The van der Waals surface area contributed by atoms with Gasteiger partial charge in [-0.15, -0.1) is 0 Å². The van der Waals surface area contributed by atoms with E-state index in [9.17, 15) is 4.79 Å². The van der Waals surface area contributed by atoms with E-state index < -0.39 is 0 Å². The Balaban J connectivity index is 2.21. The number of hydrogen-bond acceptors (Lipinski definition) is 3. The van der Waals surface area contributed by atoms with Gasteiger partial charge in [0.15, 0.2) is 0 Å². The number of nitrogens with zero attached hydrogens (tertiary/aromatic N) is 2. The molecule has 1 aromatic carbocycles. The summed E-state index contributed by atoms with van der Waals surface area (Å²) in [6, 6.07) is 8.09. The molecule has 1 amide bonds. The van der Waals surface area contributed by atoms with E-state index in [4.69, 9.17) is 10.5 Å². The van der Waals surface area contributed by atoms with Crippen LogP contribution in [0.5, 0.6) is 5.75 Å². The zero-order chi connectivity index (χ0) is 15.7. The molecule has 0 saturated heterocycles. The molecule has 3 rings (SSSR count). The molecular formula is C17H19N3O2. The van der Waals surface area contributed by atoms with Gasteiger partial charge in [0.25, 0.3) is 0 Å². The number of carbonyl (C=O) groups is 1. The quantitative estimate of drug-likeness (QED) is 0.787. The van der Waals surface area contributed by atoms with Crippen LogP contribution in [0.2, 0.25) is 0 Å². The van der Waals surface area contributed by atoms with Crippen molar-refractivity contribution >= 4 is 27.7 Å². The minimum Gasteiger partial charge on any atom is -0.497 e. The molecule has 5 heteroatoms. The number of aryl methyl sites for hydroxylation is 2. The van der Waals surface area contributed by atoms with E-state index in [2.05, 4.69) is 15.6 Å². The number of primary amides is 1. The Labute approximate surface area is 128 Å². The maximum absolute atomic E-state index is 11.0. The van der Waals surface area contributed by atoms with Gasteiger partial charge in [-0.2, -0.15) is 0 Å². The molecule has 0 aliphatic heterocycles. The molecule has 0 fully saturated rings. The molecule has 3 aromatic rings. The van der Waals surface area contributed by atoms with Gasteiger partial charge in [0, 0.05) is 36.0 Å². The molecule has 5 nitrogen and oxygen atoms in total. The van der Waals surface area contributed by atoms with Crippen molar-refractivity contribution in [2.75, 3.05) is 7.11 Å². The summed E-state index contributed by atoms with van der Waals surface area (Å²) in [7, 11) is 1.66. The highest BCUT2D eigenvalue weighted by Gasteiger charge is 2.13. The highest BCUT2D eigenvalue weighted by molar-refractivity contribution is 6.09. The van der Waals surface area contributed by atoms with Crippen molar-refractivity contribution in [1.82, 2.24) is 9.55 Å². The summed E-state index contributed by atoms with van der Waals surface area (Å²) in [6.45, 7) is 2.73. The normalized spacial score (nSPS) is 11.2. The van der Waals surface area contributed by atoms with Crippen molar-refractivity contribution in [3.8, 4) is 5.75 Å². The Hall–Kier alpha value is -2.56. The molecule has 0 radical (unpaired) electrons. The summed E-state index contributed by atoms with van der Waals surface area (Å²) in [5.74, 6) is 0.547. The highest BCUT2D eigenvalue weighted by atomic mass is 16.5. The Kier molecular flexibility index (Phi) is 3.71. The fourth-order valence-electron chi connectivity index (χ4n) is 2.97. The molecule has 0 atom stereocenters. The fraction of sp³-hybridized carbons (Fsp3) is 0.294. The minimum absolute atomic E-state index is 0.270. The van der Waals surface area contributed by atoms with Crippen LogP contribution in [0.15, 0.2) is 30.5 Å². The summed E-state index contributed by atoms with van der Waals surface area (Å²) >= 11 is 0. The minimum atomic E-state index is -0.270. The molecule has 2 aromatic heterocycles. The number of aromatic nitrogens is 2. The first kappa shape index (κ1) is 14.4. The van der Waals surface area contributed by atoms with Crippen molar-refractivity contribution in [1.29, 1.82) is 0 Å². The predicted octanol–water partition coefficient (Wildman–Crippen LogP) is 2.77. The molecule has 2 N–H and O–H groups in total. The molecule has 2 heterocycles. The molecule has 0 saturated carbocycles. The third-order valence-electron chi connectivity index (χ3n) is 3.97. The monoisotopic (exact) mass is 297 g/mol. The summed E-state index contributed by atoms with van der Waals surface area (Å²) in [6.07, 6.45) is 2.92. The number of hydrogen-bond donors (Lipinski definition) is 1. The Morgan fingerprint density at radius 3 is 2.86 bits per heavy atom. The Morgan fingerprint density at radius 1 is 1.32 bits per heavy atom. The number of fused-ring (bicyclic) bond motifs is 3. The third kappa shape index (κ3) is 2.39. The van der Waals surface area contributed by atoms with E-state index in [1.165, 1.54) is 10.8 Å². The van der Waals surface area contributed by atoms with E-state index in [1.54, 1.807) is 7.11 Å². The van der Waals surface area contributed by atoms with Crippen molar-refractivity contribution in [3.63, 3.8) is 0 Å². The average Bonchev–Trinajstić information content (AvgIpc) is 2.82. The van der Waals surface area contributed by atoms with Gasteiger partial charge in [0.1, 0.15) is 5.75 Å².